The first kappa shape index (κ1) is 12.3. The first-order valence-corrected chi connectivity index (χ1v) is 6.35. The number of pyridine rings is 1. The monoisotopic (exact) mass is 266 g/mol. The standard InChI is InChI=1S/C15H14N4O/c1-16-14-7-6-11(8-17-14)10-19-15(20)13-5-3-2-4-12(13)9-18-19/h2-9H,10H2,1H3,(H,16,17). The fourth-order valence-electron chi connectivity index (χ4n) is 2.08. The van der Waals surface area contributed by atoms with Gasteiger partial charge in [-0.2, -0.15) is 5.10 Å². The number of aromatic nitrogens is 3. The lowest BCUT2D eigenvalue weighted by Crippen LogP contribution is -2.23. The molecule has 0 aliphatic heterocycles. The van der Waals surface area contributed by atoms with Gasteiger partial charge in [0, 0.05) is 18.6 Å². The van der Waals surface area contributed by atoms with Crippen LogP contribution in [-0.4, -0.2) is 21.8 Å². The minimum absolute atomic E-state index is 0.0826. The summed E-state index contributed by atoms with van der Waals surface area (Å²) in [6.07, 6.45) is 3.46. The van der Waals surface area contributed by atoms with Gasteiger partial charge in [0.25, 0.3) is 5.56 Å². The summed E-state index contributed by atoms with van der Waals surface area (Å²) < 4.78 is 1.46. The van der Waals surface area contributed by atoms with Crippen LogP contribution in [0, 0.1) is 0 Å². The Morgan fingerprint density at radius 2 is 2.00 bits per heavy atom. The fraction of sp³-hybridized carbons (Fsp3) is 0.133. The van der Waals surface area contributed by atoms with Crippen LogP contribution in [0.3, 0.4) is 0 Å². The zero-order valence-corrected chi connectivity index (χ0v) is 11.1. The van der Waals surface area contributed by atoms with Gasteiger partial charge < -0.3 is 5.32 Å². The van der Waals surface area contributed by atoms with Gasteiger partial charge in [0.05, 0.1) is 18.1 Å². The molecule has 100 valence electrons. The normalized spacial score (nSPS) is 10.7. The van der Waals surface area contributed by atoms with Crippen molar-refractivity contribution in [3.8, 4) is 0 Å². The molecule has 0 amide bonds. The minimum Gasteiger partial charge on any atom is -0.373 e. The average Bonchev–Trinajstić information content (AvgIpc) is 2.51. The molecule has 0 spiro atoms. The molecular formula is C15H14N4O. The van der Waals surface area contributed by atoms with Crippen molar-refractivity contribution in [2.24, 2.45) is 0 Å². The number of hydrogen-bond acceptors (Lipinski definition) is 4. The lowest BCUT2D eigenvalue weighted by Gasteiger charge is -2.06. The maximum Gasteiger partial charge on any atom is 0.274 e. The highest BCUT2D eigenvalue weighted by molar-refractivity contribution is 5.80. The van der Waals surface area contributed by atoms with Crippen LogP contribution in [0.25, 0.3) is 10.8 Å². The van der Waals surface area contributed by atoms with Gasteiger partial charge in [0.15, 0.2) is 0 Å². The molecule has 5 heteroatoms. The van der Waals surface area contributed by atoms with E-state index in [2.05, 4.69) is 15.4 Å². The van der Waals surface area contributed by atoms with Crippen molar-refractivity contribution < 1.29 is 0 Å². The Balaban J connectivity index is 1.98. The minimum atomic E-state index is -0.0826. The van der Waals surface area contributed by atoms with E-state index in [0.29, 0.717) is 11.9 Å². The quantitative estimate of drug-likeness (QED) is 0.786. The first-order valence-electron chi connectivity index (χ1n) is 6.35. The van der Waals surface area contributed by atoms with E-state index in [1.54, 1.807) is 12.4 Å². The van der Waals surface area contributed by atoms with Gasteiger partial charge in [-0.15, -0.1) is 0 Å². The van der Waals surface area contributed by atoms with Crippen molar-refractivity contribution >= 4 is 16.6 Å². The molecule has 2 heterocycles. The van der Waals surface area contributed by atoms with Gasteiger partial charge in [-0.25, -0.2) is 9.67 Å². The molecule has 20 heavy (non-hydrogen) atoms. The predicted molar refractivity (Wildman–Crippen MR) is 78.9 cm³/mol. The van der Waals surface area contributed by atoms with E-state index >= 15 is 0 Å². The third-order valence-corrected chi connectivity index (χ3v) is 3.18. The van der Waals surface area contributed by atoms with Crippen molar-refractivity contribution in [3.63, 3.8) is 0 Å². The summed E-state index contributed by atoms with van der Waals surface area (Å²) in [5, 5.41) is 8.70. The van der Waals surface area contributed by atoms with Crippen LogP contribution in [0.5, 0.6) is 0 Å². The maximum atomic E-state index is 12.3. The predicted octanol–water partition coefficient (Wildman–Crippen LogP) is 1.88. The van der Waals surface area contributed by atoms with Gasteiger partial charge in [0.1, 0.15) is 5.82 Å². The smallest absolute Gasteiger partial charge is 0.274 e. The van der Waals surface area contributed by atoms with Crippen LogP contribution in [0.1, 0.15) is 5.56 Å². The van der Waals surface area contributed by atoms with Crippen molar-refractivity contribution in [1.29, 1.82) is 0 Å². The summed E-state index contributed by atoms with van der Waals surface area (Å²) in [6, 6.07) is 11.3. The van der Waals surface area contributed by atoms with Crippen LogP contribution in [0.4, 0.5) is 5.82 Å². The molecule has 0 bridgehead atoms. The van der Waals surface area contributed by atoms with Crippen molar-refractivity contribution in [2.75, 3.05) is 12.4 Å². The number of nitrogens with zero attached hydrogens (tertiary/aromatic N) is 3. The average molecular weight is 266 g/mol. The van der Waals surface area contributed by atoms with Crippen molar-refractivity contribution in [1.82, 2.24) is 14.8 Å². The second-order valence-corrected chi connectivity index (χ2v) is 4.50. The summed E-state index contributed by atoms with van der Waals surface area (Å²) >= 11 is 0. The molecule has 3 rings (SSSR count). The Kier molecular flexibility index (Phi) is 3.16. The number of benzene rings is 1. The van der Waals surface area contributed by atoms with E-state index < -0.39 is 0 Å². The molecule has 1 aromatic carbocycles. The second-order valence-electron chi connectivity index (χ2n) is 4.50. The molecular weight excluding hydrogens is 252 g/mol. The largest absolute Gasteiger partial charge is 0.373 e. The second kappa shape index (κ2) is 5.13. The Bertz CT molecular complexity index is 793. The summed E-state index contributed by atoms with van der Waals surface area (Å²) in [5.41, 5.74) is 0.856. The van der Waals surface area contributed by atoms with Crippen LogP contribution in [0.15, 0.2) is 53.6 Å². The van der Waals surface area contributed by atoms with Gasteiger partial charge >= 0.3 is 0 Å². The Hall–Kier alpha value is -2.69. The number of fused-ring (bicyclic) bond motifs is 1. The zero-order chi connectivity index (χ0) is 13.9. The lowest BCUT2D eigenvalue weighted by molar-refractivity contribution is 0.646. The highest BCUT2D eigenvalue weighted by Gasteiger charge is 2.04. The molecule has 0 aliphatic carbocycles. The fourth-order valence-corrected chi connectivity index (χ4v) is 2.08. The molecule has 0 fully saturated rings. The van der Waals surface area contributed by atoms with Crippen LogP contribution in [-0.2, 0) is 6.54 Å². The highest BCUT2D eigenvalue weighted by atomic mass is 16.1. The topological polar surface area (TPSA) is 59.8 Å². The van der Waals surface area contributed by atoms with Gasteiger partial charge in [-0.05, 0) is 17.7 Å². The zero-order valence-electron chi connectivity index (χ0n) is 11.1. The van der Waals surface area contributed by atoms with Gasteiger partial charge in [0.2, 0.25) is 0 Å². The molecule has 2 aromatic heterocycles. The van der Waals surface area contributed by atoms with Gasteiger partial charge in [-0.3, -0.25) is 4.79 Å². The Morgan fingerprint density at radius 3 is 2.75 bits per heavy atom. The summed E-state index contributed by atoms with van der Waals surface area (Å²) in [6.45, 7) is 0.417. The number of nitrogens with one attached hydrogen (secondary N) is 1. The maximum absolute atomic E-state index is 12.3. The van der Waals surface area contributed by atoms with E-state index in [0.717, 1.165) is 16.8 Å². The molecule has 0 aliphatic rings. The van der Waals surface area contributed by atoms with E-state index in [-0.39, 0.29) is 5.56 Å². The first-order chi connectivity index (χ1) is 9.78. The van der Waals surface area contributed by atoms with Crippen LogP contribution >= 0.6 is 0 Å². The van der Waals surface area contributed by atoms with E-state index in [1.165, 1.54) is 4.68 Å². The van der Waals surface area contributed by atoms with E-state index in [1.807, 2.05) is 43.4 Å². The molecule has 0 saturated carbocycles. The van der Waals surface area contributed by atoms with E-state index in [4.69, 9.17) is 0 Å². The molecule has 3 aromatic rings. The SMILES string of the molecule is CNc1ccc(Cn2ncc3ccccc3c2=O)cn1. The lowest BCUT2D eigenvalue weighted by atomic mass is 10.2. The highest BCUT2D eigenvalue weighted by Crippen LogP contribution is 2.08. The molecule has 0 radical (unpaired) electrons. The summed E-state index contributed by atoms with van der Waals surface area (Å²) in [7, 11) is 1.82. The third-order valence-electron chi connectivity index (χ3n) is 3.18. The van der Waals surface area contributed by atoms with Gasteiger partial charge in [-0.1, -0.05) is 24.3 Å². The summed E-state index contributed by atoms with van der Waals surface area (Å²) in [5.74, 6) is 0.799. The van der Waals surface area contributed by atoms with Crippen LogP contribution in [0.2, 0.25) is 0 Å². The number of rotatable bonds is 3. The van der Waals surface area contributed by atoms with Crippen LogP contribution < -0.4 is 10.9 Å². The van der Waals surface area contributed by atoms with Crippen molar-refractivity contribution in [3.05, 3.63) is 64.7 Å². The Morgan fingerprint density at radius 1 is 1.15 bits per heavy atom. The molecule has 5 nitrogen and oxygen atoms in total. The number of anilines is 1. The third kappa shape index (κ3) is 2.25. The molecule has 0 atom stereocenters. The molecule has 1 N–H and O–H groups in total. The molecule has 0 unspecified atom stereocenters. The summed E-state index contributed by atoms with van der Waals surface area (Å²) in [4.78, 5) is 16.6. The Labute approximate surface area is 115 Å². The number of hydrogen-bond donors (Lipinski definition) is 1. The van der Waals surface area contributed by atoms with Crippen molar-refractivity contribution in [2.45, 2.75) is 6.54 Å². The van der Waals surface area contributed by atoms with E-state index in [9.17, 15) is 4.79 Å². The molecule has 0 saturated heterocycles.